The summed E-state index contributed by atoms with van der Waals surface area (Å²) in [6.45, 7) is 0. The second-order valence-electron chi connectivity index (χ2n) is 7.38. The Bertz CT molecular complexity index is 1220. The SMILES string of the molecule is COc1ccc(C=C2C(=O)C(Nc3ccc(Br)cc3)=CC2Nc2ccc(Br)cc2)cc1OC. The van der Waals surface area contributed by atoms with Crippen LogP contribution in [0.5, 0.6) is 11.5 Å². The lowest BCUT2D eigenvalue weighted by Gasteiger charge is -2.15. The van der Waals surface area contributed by atoms with Crippen LogP contribution < -0.4 is 20.1 Å². The van der Waals surface area contributed by atoms with E-state index < -0.39 is 0 Å². The molecule has 1 aliphatic rings. The van der Waals surface area contributed by atoms with Crippen LogP contribution in [0.25, 0.3) is 6.08 Å². The van der Waals surface area contributed by atoms with E-state index in [9.17, 15) is 4.79 Å². The number of benzene rings is 3. The predicted octanol–water partition coefficient (Wildman–Crippen LogP) is 6.67. The third-order valence-corrected chi connectivity index (χ3v) is 6.25. The lowest BCUT2D eigenvalue weighted by Crippen LogP contribution is -2.19. The maximum absolute atomic E-state index is 13.4. The van der Waals surface area contributed by atoms with E-state index in [0.29, 0.717) is 22.8 Å². The van der Waals surface area contributed by atoms with Crippen LogP contribution in [0.2, 0.25) is 0 Å². The number of halogens is 2. The predicted molar refractivity (Wildman–Crippen MR) is 140 cm³/mol. The molecule has 1 atom stereocenters. The van der Waals surface area contributed by atoms with Gasteiger partial charge in [0.25, 0.3) is 0 Å². The minimum Gasteiger partial charge on any atom is -0.493 e. The first-order valence-corrected chi connectivity index (χ1v) is 11.8. The molecule has 0 aliphatic heterocycles. The summed E-state index contributed by atoms with van der Waals surface area (Å²) in [5, 5.41) is 6.71. The first kappa shape index (κ1) is 23.1. The number of allylic oxidation sites excluding steroid dienone is 1. The molecule has 3 aromatic rings. The van der Waals surface area contributed by atoms with Gasteiger partial charge in [-0.25, -0.2) is 0 Å². The highest BCUT2D eigenvalue weighted by Gasteiger charge is 2.30. The van der Waals surface area contributed by atoms with Gasteiger partial charge in [0.1, 0.15) is 0 Å². The molecule has 0 bridgehead atoms. The van der Waals surface area contributed by atoms with Crippen molar-refractivity contribution in [1.29, 1.82) is 0 Å². The third kappa shape index (κ3) is 5.49. The van der Waals surface area contributed by atoms with Crippen molar-refractivity contribution in [2.24, 2.45) is 0 Å². The first-order chi connectivity index (χ1) is 16.0. The number of anilines is 2. The minimum absolute atomic E-state index is 0.0673. The van der Waals surface area contributed by atoms with Crippen LogP contribution in [0.1, 0.15) is 5.56 Å². The average Bonchev–Trinajstić information content (AvgIpc) is 3.10. The van der Waals surface area contributed by atoms with Crippen molar-refractivity contribution < 1.29 is 14.3 Å². The Labute approximate surface area is 209 Å². The zero-order valence-corrected chi connectivity index (χ0v) is 21.2. The molecule has 168 valence electrons. The van der Waals surface area contributed by atoms with E-state index in [1.165, 1.54) is 0 Å². The normalized spacial score (nSPS) is 16.5. The maximum atomic E-state index is 13.4. The Kier molecular flexibility index (Phi) is 7.20. The minimum atomic E-state index is -0.301. The molecule has 0 amide bonds. The molecule has 0 saturated heterocycles. The lowest BCUT2D eigenvalue weighted by atomic mass is 10.0. The molecule has 0 aromatic heterocycles. The summed E-state index contributed by atoms with van der Waals surface area (Å²) < 4.78 is 12.7. The summed E-state index contributed by atoms with van der Waals surface area (Å²) in [4.78, 5) is 13.4. The molecule has 0 fully saturated rings. The summed E-state index contributed by atoms with van der Waals surface area (Å²) in [5.41, 5.74) is 3.75. The Morgan fingerprint density at radius 3 is 2.03 bits per heavy atom. The standard InChI is InChI=1S/C26H22Br2N2O3/c1-32-24-12-3-16(14-25(24)33-2)13-21-22(29-19-8-4-17(27)5-9-19)15-23(26(21)31)30-20-10-6-18(28)7-11-20/h3-15,22,29-30H,1-2H3. The van der Waals surface area contributed by atoms with Gasteiger partial charge in [0, 0.05) is 25.9 Å². The molecule has 0 radical (unpaired) electrons. The number of carbonyl (C=O) groups excluding carboxylic acids is 1. The zero-order chi connectivity index (χ0) is 23.4. The van der Waals surface area contributed by atoms with Crippen LogP contribution in [0.4, 0.5) is 11.4 Å². The molecule has 5 nitrogen and oxygen atoms in total. The van der Waals surface area contributed by atoms with Gasteiger partial charge in [0.2, 0.25) is 5.78 Å². The van der Waals surface area contributed by atoms with E-state index >= 15 is 0 Å². The highest BCUT2D eigenvalue weighted by Crippen LogP contribution is 2.32. The monoisotopic (exact) mass is 568 g/mol. The van der Waals surface area contributed by atoms with Gasteiger partial charge in [0.05, 0.1) is 26.0 Å². The van der Waals surface area contributed by atoms with Crippen LogP contribution in [0.3, 0.4) is 0 Å². The Morgan fingerprint density at radius 1 is 0.818 bits per heavy atom. The molecular formula is C26H22Br2N2O3. The molecule has 33 heavy (non-hydrogen) atoms. The quantitative estimate of drug-likeness (QED) is 0.311. The largest absolute Gasteiger partial charge is 0.493 e. The highest BCUT2D eigenvalue weighted by molar-refractivity contribution is 9.10. The van der Waals surface area contributed by atoms with Crippen LogP contribution in [-0.4, -0.2) is 26.0 Å². The summed E-state index contributed by atoms with van der Waals surface area (Å²) in [6.07, 6.45) is 3.80. The van der Waals surface area contributed by atoms with Crippen molar-refractivity contribution in [1.82, 2.24) is 0 Å². The number of rotatable bonds is 7. The van der Waals surface area contributed by atoms with E-state index in [0.717, 1.165) is 25.9 Å². The molecule has 2 N–H and O–H groups in total. The summed E-state index contributed by atoms with van der Waals surface area (Å²) in [5.74, 6) is 1.18. The fraction of sp³-hybridized carbons (Fsp3) is 0.115. The molecule has 1 unspecified atom stereocenters. The highest BCUT2D eigenvalue weighted by atomic mass is 79.9. The molecule has 0 saturated carbocycles. The molecule has 3 aromatic carbocycles. The van der Waals surface area contributed by atoms with E-state index in [4.69, 9.17) is 9.47 Å². The van der Waals surface area contributed by atoms with E-state index in [-0.39, 0.29) is 11.8 Å². The van der Waals surface area contributed by atoms with Gasteiger partial charge in [-0.15, -0.1) is 0 Å². The number of methoxy groups -OCH3 is 2. The molecule has 0 spiro atoms. The topological polar surface area (TPSA) is 59.6 Å². The number of Topliss-reactive ketones (excluding diaryl/α,β-unsaturated/α-hetero) is 1. The van der Waals surface area contributed by atoms with Crippen LogP contribution in [0.15, 0.2) is 93.0 Å². The lowest BCUT2D eigenvalue weighted by molar-refractivity contribution is -0.111. The van der Waals surface area contributed by atoms with Gasteiger partial charge in [0.15, 0.2) is 11.5 Å². The molecule has 0 heterocycles. The van der Waals surface area contributed by atoms with Gasteiger partial charge in [-0.05, 0) is 78.4 Å². The maximum Gasteiger partial charge on any atom is 0.207 e. The second kappa shape index (κ2) is 10.3. The Balaban J connectivity index is 1.68. The zero-order valence-electron chi connectivity index (χ0n) is 18.1. The molecular weight excluding hydrogens is 548 g/mol. The second-order valence-corrected chi connectivity index (χ2v) is 9.22. The Hall–Kier alpha value is -3.03. The van der Waals surface area contributed by atoms with Crippen molar-refractivity contribution in [3.8, 4) is 11.5 Å². The van der Waals surface area contributed by atoms with Crippen LogP contribution >= 0.6 is 31.9 Å². The first-order valence-electron chi connectivity index (χ1n) is 10.2. The van der Waals surface area contributed by atoms with Crippen molar-refractivity contribution in [2.75, 3.05) is 24.9 Å². The van der Waals surface area contributed by atoms with Crippen molar-refractivity contribution in [2.45, 2.75) is 6.04 Å². The number of carbonyl (C=O) groups is 1. The van der Waals surface area contributed by atoms with E-state index in [2.05, 4.69) is 42.5 Å². The summed E-state index contributed by atoms with van der Waals surface area (Å²) in [7, 11) is 3.19. The van der Waals surface area contributed by atoms with Crippen LogP contribution in [-0.2, 0) is 4.79 Å². The van der Waals surface area contributed by atoms with Gasteiger partial charge >= 0.3 is 0 Å². The number of ketones is 1. The average molecular weight is 570 g/mol. The van der Waals surface area contributed by atoms with Gasteiger partial charge in [-0.2, -0.15) is 0 Å². The van der Waals surface area contributed by atoms with Gasteiger partial charge in [-0.3, -0.25) is 4.79 Å². The summed E-state index contributed by atoms with van der Waals surface area (Å²) in [6, 6.07) is 20.8. The van der Waals surface area contributed by atoms with Crippen molar-refractivity contribution >= 4 is 55.1 Å². The van der Waals surface area contributed by atoms with Crippen molar-refractivity contribution in [3.63, 3.8) is 0 Å². The number of ether oxygens (including phenoxy) is 2. The van der Waals surface area contributed by atoms with Gasteiger partial charge < -0.3 is 20.1 Å². The summed E-state index contributed by atoms with van der Waals surface area (Å²) >= 11 is 6.90. The molecule has 1 aliphatic carbocycles. The van der Waals surface area contributed by atoms with E-state index in [1.54, 1.807) is 14.2 Å². The van der Waals surface area contributed by atoms with Crippen LogP contribution in [0, 0.1) is 0 Å². The fourth-order valence-corrected chi connectivity index (χ4v) is 4.07. The Morgan fingerprint density at radius 2 is 1.42 bits per heavy atom. The molecule has 4 rings (SSSR count). The fourth-order valence-electron chi connectivity index (χ4n) is 3.54. The van der Waals surface area contributed by atoms with Gasteiger partial charge in [-0.1, -0.05) is 37.9 Å². The molecule has 7 heteroatoms. The smallest absolute Gasteiger partial charge is 0.207 e. The third-order valence-electron chi connectivity index (χ3n) is 5.19. The van der Waals surface area contributed by atoms with E-state index in [1.807, 2.05) is 78.9 Å². The number of hydrogen-bond acceptors (Lipinski definition) is 5. The van der Waals surface area contributed by atoms with Crippen molar-refractivity contribution in [3.05, 3.63) is 98.6 Å². The number of hydrogen-bond donors (Lipinski definition) is 2. The number of nitrogens with one attached hydrogen (secondary N) is 2.